The van der Waals surface area contributed by atoms with E-state index in [1.807, 2.05) is 6.07 Å². The molecule has 1 rings (SSSR count). The summed E-state index contributed by atoms with van der Waals surface area (Å²) in [5.74, 6) is 0.567. The molecule has 0 unspecified atom stereocenters. The van der Waals surface area contributed by atoms with Gasteiger partial charge in [0.1, 0.15) is 0 Å². The number of hydrogen-bond donors (Lipinski definition) is 0. The third kappa shape index (κ3) is 4.54. The zero-order valence-electron chi connectivity index (χ0n) is 9.16. The largest absolute Gasteiger partial charge is 0.378 e. The van der Waals surface area contributed by atoms with Crippen LogP contribution in [-0.4, -0.2) is 32.2 Å². The summed E-state index contributed by atoms with van der Waals surface area (Å²) in [6.07, 6.45) is 0. The number of benzene rings is 1. The van der Waals surface area contributed by atoms with Gasteiger partial charge in [-0.2, -0.15) is 0 Å². The van der Waals surface area contributed by atoms with E-state index in [1.165, 1.54) is 5.69 Å². The number of anilines is 1. The molecule has 0 atom stereocenters. The Labute approximate surface area is 96.8 Å². The summed E-state index contributed by atoms with van der Waals surface area (Å²) in [5.41, 5.74) is 1.24. The monoisotopic (exact) mass is 227 g/mol. The number of para-hydroxylation sites is 1. The molecule has 0 aliphatic heterocycles. The van der Waals surface area contributed by atoms with Gasteiger partial charge < -0.3 is 9.64 Å². The maximum atomic E-state index is 5.53. The third-order valence-corrected chi connectivity index (χ3v) is 2.38. The molecule has 2 nitrogen and oxygen atoms in total. The Morgan fingerprint density at radius 3 is 2.53 bits per heavy atom. The summed E-state index contributed by atoms with van der Waals surface area (Å²) in [6, 6.07) is 10.4. The van der Waals surface area contributed by atoms with Crippen molar-refractivity contribution < 1.29 is 4.74 Å². The van der Waals surface area contributed by atoms with Crippen molar-refractivity contribution in [2.45, 2.75) is 6.92 Å². The van der Waals surface area contributed by atoms with Crippen molar-refractivity contribution in [3.05, 3.63) is 30.3 Å². The lowest BCUT2D eigenvalue weighted by atomic mass is 10.3. The van der Waals surface area contributed by atoms with Gasteiger partial charge in [0, 0.05) is 24.7 Å². The molecule has 0 aliphatic carbocycles. The maximum Gasteiger partial charge on any atom is 0.0642 e. The molecule has 0 spiro atoms. The maximum absolute atomic E-state index is 5.53. The summed E-state index contributed by atoms with van der Waals surface area (Å²) in [4.78, 5) is 2.29. The molecule has 0 N–H and O–H groups in total. The Morgan fingerprint density at radius 2 is 1.93 bits per heavy atom. The standard InChI is InChI=1S/C12H18ClNO/c1-2-14(9-11-15-10-8-13)12-6-4-3-5-7-12/h3-7H,2,8-11H2,1H3. The van der Waals surface area contributed by atoms with E-state index < -0.39 is 0 Å². The smallest absolute Gasteiger partial charge is 0.0642 e. The lowest BCUT2D eigenvalue weighted by molar-refractivity contribution is 0.156. The molecule has 15 heavy (non-hydrogen) atoms. The number of alkyl halides is 1. The molecule has 0 amide bonds. The molecule has 0 heterocycles. The highest BCUT2D eigenvalue weighted by Crippen LogP contribution is 2.11. The number of likely N-dealkylation sites (N-methyl/N-ethyl adjacent to an activating group) is 1. The Balaban J connectivity index is 2.36. The Hall–Kier alpha value is -0.730. The summed E-state index contributed by atoms with van der Waals surface area (Å²) < 4.78 is 5.36. The van der Waals surface area contributed by atoms with E-state index >= 15 is 0 Å². The molecule has 0 aromatic heterocycles. The van der Waals surface area contributed by atoms with Gasteiger partial charge in [0.05, 0.1) is 13.2 Å². The molecule has 0 saturated heterocycles. The highest BCUT2D eigenvalue weighted by Gasteiger charge is 2.02. The first-order valence-electron chi connectivity index (χ1n) is 5.32. The topological polar surface area (TPSA) is 12.5 Å². The van der Waals surface area contributed by atoms with Crippen LogP contribution in [0.15, 0.2) is 30.3 Å². The molecule has 0 saturated carbocycles. The van der Waals surface area contributed by atoms with Gasteiger partial charge in [0.2, 0.25) is 0 Å². The minimum absolute atomic E-state index is 0.567. The third-order valence-electron chi connectivity index (χ3n) is 2.23. The van der Waals surface area contributed by atoms with Gasteiger partial charge in [-0.15, -0.1) is 11.6 Å². The van der Waals surface area contributed by atoms with E-state index in [1.54, 1.807) is 0 Å². The highest BCUT2D eigenvalue weighted by molar-refractivity contribution is 6.17. The minimum Gasteiger partial charge on any atom is -0.378 e. The first kappa shape index (κ1) is 12.3. The molecule has 3 heteroatoms. The SMILES string of the molecule is CCN(CCOCCCl)c1ccccc1. The van der Waals surface area contributed by atoms with E-state index in [0.29, 0.717) is 12.5 Å². The van der Waals surface area contributed by atoms with Crippen LogP contribution in [0.25, 0.3) is 0 Å². The van der Waals surface area contributed by atoms with Crippen LogP contribution in [0.1, 0.15) is 6.92 Å². The van der Waals surface area contributed by atoms with E-state index in [2.05, 4.69) is 36.1 Å². The average Bonchev–Trinajstić information content (AvgIpc) is 2.30. The molecular formula is C12H18ClNO. The van der Waals surface area contributed by atoms with Crippen molar-refractivity contribution in [1.29, 1.82) is 0 Å². The van der Waals surface area contributed by atoms with Crippen LogP contribution in [0.4, 0.5) is 5.69 Å². The van der Waals surface area contributed by atoms with Crippen LogP contribution >= 0.6 is 11.6 Å². The van der Waals surface area contributed by atoms with Crippen molar-refractivity contribution in [1.82, 2.24) is 0 Å². The summed E-state index contributed by atoms with van der Waals surface area (Å²) >= 11 is 5.53. The summed E-state index contributed by atoms with van der Waals surface area (Å²) in [6.45, 7) is 5.42. The molecular weight excluding hydrogens is 210 g/mol. The van der Waals surface area contributed by atoms with Gasteiger partial charge in [0.25, 0.3) is 0 Å². The van der Waals surface area contributed by atoms with Gasteiger partial charge in [0.15, 0.2) is 0 Å². The summed E-state index contributed by atoms with van der Waals surface area (Å²) in [7, 11) is 0. The fourth-order valence-corrected chi connectivity index (χ4v) is 1.55. The Morgan fingerprint density at radius 1 is 1.20 bits per heavy atom. The fourth-order valence-electron chi connectivity index (χ4n) is 1.44. The van der Waals surface area contributed by atoms with Crippen LogP contribution in [0, 0.1) is 0 Å². The summed E-state index contributed by atoms with van der Waals surface area (Å²) in [5, 5.41) is 0. The van der Waals surface area contributed by atoms with E-state index in [9.17, 15) is 0 Å². The van der Waals surface area contributed by atoms with Crippen molar-refractivity contribution >= 4 is 17.3 Å². The van der Waals surface area contributed by atoms with Crippen LogP contribution in [0.5, 0.6) is 0 Å². The number of nitrogens with zero attached hydrogens (tertiary/aromatic N) is 1. The Bertz CT molecular complexity index is 253. The second kappa shape index (κ2) is 7.55. The zero-order valence-corrected chi connectivity index (χ0v) is 9.91. The van der Waals surface area contributed by atoms with Gasteiger partial charge in [-0.05, 0) is 19.1 Å². The predicted molar refractivity (Wildman–Crippen MR) is 65.9 cm³/mol. The van der Waals surface area contributed by atoms with E-state index in [-0.39, 0.29) is 0 Å². The van der Waals surface area contributed by atoms with E-state index in [4.69, 9.17) is 16.3 Å². The van der Waals surface area contributed by atoms with Crippen LogP contribution < -0.4 is 4.90 Å². The number of hydrogen-bond acceptors (Lipinski definition) is 2. The fraction of sp³-hybridized carbons (Fsp3) is 0.500. The first-order valence-corrected chi connectivity index (χ1v) is 5.85. The molecule has 1 aromatic rings. The Kier molecular flexibility index (Phi) is 6.21. The van der Waals surface area contributed by atoms with Crippen LogP contribution in [0.3, 0.4) is 0 Å². The molecule has 84 valence electrons. The molecule has 1 aromatic carbocycles. The molecule has 0 aliphatic rings. The van der Waals surface area contributed by atoms with Gasteiger partial charge >= 0.3 is 0 Å². The van der Waals surface area contributed by atoms with Crippen LogP contribution in [0.2, 0.25) is 0 Å². The lowest BCUT2D eigenvalue weighted by Crippen LogP contribution is -2.27. The molecule has 0 radical (unpaired) electrons. The zero-order chi connectivity index (χ0) is 10.9. The minimum atomic E-state index is 0.567. The van der Waals surface area contributed by atoms with Crippen molar-refractivity contribution in [3.8, 4) is 0 Å². The van der Waals surface area contributed by atoms with Crippen molar-refractivity contribution in [2.24, 2.45) is 0 Å². The van der Waals surface area contributed by atoms with E-state index in [0.717, 1.165) is 19.7 Å². The molecule has 0 bridgehead atoms. The second-order valence-electron chi connectivity index (χ2n) is 3.22. The first-order chi connectivity index (χ1) is 7.38. The number of rotatable bonds is 7. The van der Waals surface area contributed by atoms with Gasteiger partial charge in [-0.25, -0.2) is 0 Å². The second-order valence-corrected chi connectivity index (χ2v) is 3.59. The number of ether oxygens (including phenoxy) is 1. The van der Waals surface area contributed by atoms with Crippen molar-refractivity contribution in [3.63, 3.8) is 0 Å². The van der Waals surface area contributed by atoms with Gasteiger partial charge in [-0.3, -0.25) is 0 Å². The van der Waals surface area contributed by atoms with Gasteiger partial charge in [-0.1, -0.05) is 18.2 Å². The molecule has 0 fully saturated rings. The lowest BCUT2D eigenvalue weighted by Gasteiger charge is -2.22. The average molecular weight is 228 g/mol. The highest BCUT2D eigenvalue weighted by atomic mass is 35.5. The predicted octanol–water partition coefficient (Wildman–Crippen LogP) is 2.77. The normalized spacial score (nSPS) is 10.3. The van der Waals surface area contributed by atoms with Crippen LogP contribution in [-0.2, 0) is 4.74 Å². The van der Waals surface area contributed by atoms with Crippen molar-refractivity contribution in [2.75, 3.05) is 37.1 Å². The quantitative estimate of drug-likeness (QED) is 0.525. The number of halogens is 1.